The Bertz CT molecular complexity index is 343. The van der Waals surface area contributed by atoms with Gasteiger partial charge in [-0.05, 0) is 50.0 Å². The fraction of sp³-hybridized carbons (Fsp3) is 0.429. The van der Waals surface area contributed by atoms with Crippen LogP contribution in [0.25, 0.3) is 6.08 Å². The molecule has 0 radical (unpaired) electrons. The Hall–Kier alpha value is -1.12. The smallest absolute Gasteiger partial charge is 0.0186 e. The zero-order chi connectivity index (χ0) is 11.8. The second-order valence-corrected chi connectivity index (χ2v) is 3.99. The van der Waals surface area contributed by atoms with Crippen molar-refractivity contribution in [2.24, 2.45) is 5.73 Å². The molecule has 0 aromatic heterocycles. The van der Waals surface area contributed by atoms with Gasteiger partial charge in [-0.3, -0.25) is 0 Å². The molecule has 1 aromatic carbocycles. The van der Waals surface area contributed by atoms with Crippen LogP contribution < -0.4 is 11.1 Å². The minimum Gasteiger partial charge on any atom is -0.326 e. The molecule has 2 nitrogen and oxygen atoms in total. The highest BCUT2D eigenvalue weighted by Gasteiger charge is 1.99. The molecule has 0 aliphatic heterocycles. The second kappa shape index (κ2) is 7.20. The molecule has 0 saturated carbocycles. The summed E-state index contributed by atoms with van der Waals surface area (Å²) in [7, 11) is 1.98. The lowest BCUT2D eigenvalue weighted by Crippen LogP contribution is -2.06. The number of aryl methyl sites for hydroxylation is 1. The highest BCUT2D eigenvalue weighted by molar-refractivity contribution is 5.55. The van der Waals surface area contributed by atoms with Gasteiger partial charge in [-0.15, -0.1) is 0 Å². The van der Waals surface area contributed by atoms with Crippen molar-refractivity contribution in [3.8, 4) is 0 Å². The Morgan fingerprint density at radius 3 is 2.88 bits per heavy atom. The third kappa shape index (κ3) is 3.80. The summed E-state index contributed by atoms with van der Waals surface area (Å²) in [5, 5.41) is 3.14. The molecule has 0 fully saturated rings. The molecule has 2 heteroatoms. The molecule has 88 valence electrons. The molecule has 0 unspecified atom stereocenters. The standard InChI is InChI=1S/C14H22N2/c1-12-7-6-9-13(14(12)11-15)8-4-3-5-10-16-2/h4,6-9,16H,3,5,10-11,15H2,1-2H3. The summed E-state index contributed by atoms with van der Waals surface area (Å²) in [4.78, 5) is 0. The average molecular weight is 218 g/mol. The molecule has 16 heavy (non-hydrogen) atoms. The van der Waals surface area contributed by atoms with Crippen LogP contribution in [0.5, 0.6) is 0 Å². The topological polar surface area (TPSA) is 38.0 Å². The minimum atomic E-state index is 0.614. The highest BCUT2D eigenvalue weighted by Crippen LogP contribution is 2.15. The summed E-state index contributed by atoms with van der Waals surface area (Å²) in [6.45, 7) is 3.80. The summed E-state index contributed by atoms with van der Waals surface area (Å²) in [6, 6.07) is 6.33. The van der Waals surface area contributed by atoms with Gasteiger partial charge in [0.15, 0.2) is 0 Å². The van der Waals surface area contributed by atoms with Crippen molar-refractivity contribution in [2.75, 3.05) is 13.6 Å². The second-order valence-electron chi connectivity index (χ2n) is 3.99. The lowest BCUT2D eigenvalue weighted by atomic mass is 10.0. The summed E-state index contributed by atoms with van der Waals surface area (Å²) in [5.41, 5.74) is 9.55. The Kier molecular flexibility index (Phi) is 5.83. The molecule has 0 bridgehead atoms. The normalized spacial score (nSPS) is 11.2. The fourth-order valence-electron chi connectivity index (χ4n) is 1.77. The van der Waals surface area contributed by atoms with Crippen LogP contribution >= 0.6 is 0 Å². The SMILES string of the molecule is CNCCCC=Cc1cccc(C)c1CN. The maximum Gasteiger partial charge on any atom is 0.0186 e. The lowest BCUT2D eigenvalue weighted by Gasteiger charge is -2.06. The first kappa shape index (κ1) is 12.9. The molecular formula is C14H22N2. The third-order valence-corrected chi connectivity index (χ3v) is 2.75. The van der Waals surface area contributed by atoms with Crippen molar-refractivity contribution < 1.29 is 0 Å². The van der Waals surface area contributed by atoms with Gasteiger partial charge in [0, 0.05) is 6.54 Å². The molecule has 0 atom stereocenters. The molecule has 0 heterocycles. The van der Waals surface area contributed by atoms with E-state index in [1.54, 1.807) is 0 Å². The van der Waals surface area contributed by atoms with Crippen molar-refractivity contribution in [2.45, 2.75) is 26.3 Å². The molecule has 3 N–H and O–H groups in total. The molecule has 0 aliphatic carbocycles. The molecule has 1 aromatic rings. The van der Waals surface area contributed by atoms with Gasteiger partial charge in [-0.25, -0.2) is 0 Å². The van der Waals surface area contributed by atoms with Crippen LogP contribution in [-0.4, -0.2) is 13.6 Å². The first-order valence-electron chi connectivity index (χ1n) is 5.89. The Balaban J connectivity index is 2.62. The Morgan fingerprint density at radius 2 is 2.19 bits per heavy atom. The number of hydrogen-bond donors (Lipinski definition) is 2. The van der Waals surface area contributed by atoms with Crippen molar-refractivity contribution in [3.05, 3.63) is 41.0 Å². The van der Waals surface area contributed by atoms with E-state index in [1.165, 1.54) is 23.1 Å². The summed E-state index contributed by atoms with van der Waals surface area (Å²) >= 11 is 0. The molecule has 0 aliphatic rings. The van der Waals surface area contributed by atoms with Crippen LogP contribution in [0.15, 0.2) is 24.3 Å². The van der Waals surface area contributed by atoms with Crippen LogP contribution in [0.4, 0.5) is 0 Å². The number of nitrogens with two attached hydrogens (primary N) is 1. The van der Waals surface area contributed by atoms with Gasteiger partial charge in [0.25, 0.3) is 0 Å². The number of nitrogens with one attached hydrogen (secondary N) is 1. The van der Waals surface area contributed by atoms with E-state index in [0.717, 1.165) is 13.0 Å². The monoisotopic (exact) mass is 218 g/mol. The predicted octanol–water partition coefficient (Wildman–Crippen LogP) is 2.47. The molecular weight excluding hydrogens is 196 g/mol. The van der Waals surface area contributed by atoms with E-state index in [1.807, 2.05) is 7.05 Å². The van der Waals surface area contributed by atoms with Gasteiger partial charge in [-0.1, -0.05) is 30.4 Å². The van der Waals surface area contributed by atoms with E-state index in [-0.39, 0.29) is 0 Å². The van der Waals surface area contributed by atoms with Crippen molar-refractivity contribution in [3.63, 3.8) is 0 Å². The summed E-state index contributed by atoms with van der Waals surface area (Å²) in [5.74, 6) is 0. The van der Waals surface area contributed by atoms with Gasteiger partial charge < -0.3 is 11.1 Å². The van der Waals surface area contributed by atoms with Gasteiger partial charge in [-0.2, -0.15) is 0 Å². The van der Waals surface area contributed by atoms with Crippen molar-refractivity contribution >= 4 is 6.08 Å². The van der Waals surface area contributed by atoms with Crippen LogP contribution in [0.1, 0.15) is 29.5 Å². The molecule has 0 amide bonds. The predicted molar refractivity (Wildman–Crippen MR) is 71.3 cm³/mol. The van der Waals surface area contributed by atoms with E-state index in [2.05, 4.69) is 42.6 Å². The van der Waals surface area contributed by atoms with Crippen LogP contribution in [0, 0.1) is 6.92 Å². The first-order valence-corrected chi connectivity index (χ1v) is 5.89. The summed E-state index contributed by atoms with van der Waals surface area (Å²) < 4.78 is 0. The number of allylic oxidation sites excluding steroid dienone is 1. The summed E-state index contributed by atoms with van der Waals surface area (Å²) in [6.07, 6.45) is 6.70. The fourth-order valence-corrected chi connectivity index (χ4v) is 1.77. The minimum absolute atomic E-state index is 0.614. The number of benzene rings is 1. The van der Waals surface area contributed by atoms with E-state index >= 15 is 0 Å². The zero-order valence-electron chi connectivity index (χ0n) is 10.3. The van der Waals surface area contributed by atoms with Crippen molar-refractivity contribution in [1.82, 2.24) is 5.32 Å². The van der Waals surface area contributed by atoms with E-state index < -0.39 is 0 Å². The van der Waals surface area contributed by atoms with Crippen LogP contribution in [0.2, 0.25) is 0 Å². The van der Waals surface area contributed by atoms with E-state index in [9.17, 15) is 0 Å². The Morgan fingerprint density at radius 1 is 1.38 bits per heavy atom. The number of hydrogen-bond acceptors (Lipinski definition) is 2. The van der Waals surface area contributed by atoms with Crippen molar-refractivity contribution in [1.29, 1.82) is 0 Å². The van der Waals surface area contributed by atoms with Crippen LogP contribution in [0.3, 0.4) is 0 Å². The first-order chi connectivity index (χ1) is 7.79. The lowest BCUT2D eigenvalue weighted by molar-refractivity contribution is 0.736. The largest absolute Gasteiger partial charge is 0.326 e. The van der Waals surface area contributed by atoms with E-state index in [0.29, 0.717) is 6.54 Å². The quantitative estimate of drug-likeness (QED) is 0.720. The molecule has 1 rings (SSSR count). The highest BCUT2D eigenvalue weighted by atomic mass is 14.8. The van der Waals surface area contributed by atoms with Gasteiger partial charge in [0.2, 0.25) is 0 Å². The van der Waals surface area contributed by atoms with Crippen LogP contribution in [-0.2, 0) is 6.54 Å². The Labute approximate surface area is 98.6 Å². The van der Waals surface area contributed by atoms with E-state index in [4.69, 9.17) is 5.73 Å². The maximum atomic E-state index is 5.76. The number of unbranched alkanes of at least 4 members (excludes halogenated alkanes) is 1. The third-order valence-electron chi connectivity index (χ3n) is 2.75. The van der Waals surface area contributed by atoms with Gasteiger partial charge >= 0.3 is 0 Å². The number of rotatable bonds is 6. The van der Waals surface area contributed by atoms with Gasteiger partial charge in [0.1, 0.15) is 0 Å². The molecule has 0 spiro atoms. The average Bonchev–Trinajstić information content (AvgIpc) is 2.29. The van der Waals surface area contributed by atoms with Gasteiger partial charge in [0.05, 0.1) is 0 Å². The maximum absolute atomic E-state index is 5.76. The zero-order valence-corrected chi connectivity index (χ0v) is 10.3. The molecule has 0 saturated heterocycles.